The van der Waals surface area contributed by atoms with E-state index in [1.54, 1.807) is 0 Å². The number of hydrogen-bond donors (Lipinski definition) is 0. The molecule has 0 fully saturated rings. The minimum absolute atomic E-state index is 0.184. The molecule has 0 spiro atoms. The molecule has 0 aromatic heterocycles. The lowest BCUT2D eigenvalue weighted by molar-refractivity contribution is 0.645. The molecule has 0 bridgehead atoms. The van der Waals surface area contributed by atoms with Gasteiger partial charge < -0.3 is 9.80 Å². The molecular formula is C67H48N2. The molecule has 0 N–H and O–H groups in total. The number of para-hydroxylation sites is 4. The lowest BCUT2D eigenvalue weighted by atomic mass is 9.68. The number of benzene rings is 12. The van der Waals surface area contributed by atoms with Crippen molar-refractivity contribution in [2.75, 3.05) is 9.80 Å². The Hall–Kier alpha value is -8.72. The number of fused-ring (bicyclic) bond motifs is 5. The molecule has 13 rings (SSSR count). The van der Waals surface area contributed by atoms with Gasteiger partial charge in [0.2, 0.25) is 0 Å². The van der Waals surface area contributed by atoms with E-state index in [1.807, 2.05) is 0 Å². The van der Waals surface area contributed by atoms with Crippen LogP contribution in [0.3, 0.4) is 0 Å². The highest BCUT2D eigenvalue weighted by Gasteiger charge is 2.34. The summed E-state index contributed by atoms with van der Waals surface area (Å²) < 4.78 is 0. The normalized spacial score (nSPS) is 12.6. The summed E-state index contributed by atoms with van der Waals surface area (Å²) in [6.45, 7) is 4.78. The van der Waals surface area contributed by atoms with E-state index in [2.05, 4.69) is 278 Å². The van der Waals surface area contributed by atoms with E-state index in [1.165, 1.54) is 87.6 Å². The molecule has 2 heteroatoms. The van der Waals surface area contributed by atoms with E-state index in [0.717, 1.165) is 34.1 Å². The fraction of sp³-hybridized carbons (Fsp3) is 0.0448. The fourth-order valence-electron chi connectivity index (χ4n) is 11.5. The lowest BCUT2D eigenvalue weighted by Gasteiger charge is -2.35. The molecule has 12 aromatic rings. The molecule has 2 nitrogen and oxygen atoms in total. The van der Waals surface area contributed by atoms with Crippen LogP contribution in [0.15, 0.2) is 255 Å². The zero-order chi connectivity index (χ0) is 46.1. The SMILES string of the molecule is CC1(C)c2ccccc2-c2ccc(-c3c4ccc(N(c5ccccc5)c5ccccc5)cc4c(-c4cccc5ccccc45)c4ccc(N(c5ccccc5)c5ccccc5)cc34)c3cccc1c23. The van der Waals surface area contributed by atoms with Gasteiger partial charge in [-0.2, -0.15) is 0 Å². The molecule has 326 valence electrons. The van der Waals surface area contributed by atoms with Crippen molar-refractivity contribution in [2.45, 2.75) is 19.3 Å². The van der Waals surface area contributed by atoms with Gasteiger partial charge in [-0.25, -0.2) is 0 Å². The summed E-state index contributed by atoms with van der Waals surface area (Å²) in [4.78, 5) is 4.78. The third-order valence-corrected chi connectivity index (χ3v) is 14.6. The molecule has 1 aliphatic carbocycles. The minimum Gasteiger partial charge on any atom is -0.310 e. The summed E-state index contributed by atoms with van der Waals surface area (Å²) in [5.74, 6) is 0. The van der Waals surface area contributed by atoms with Crippen molar-refractivity contribution in [3.8, 4) is 33.4 Å². The lowest BCUT2D eigenvalue weighted by Crippen LogP contribution is -2.23. The highest BCUT2D eigenvalue weighted by atomic mass is 15.1. The van der Waals surface area contributed by atoms with Gasteiger partial charge in [0.15, 0.2) is 0 Å². The molecule has 0 radical (unpaired) electrons. The zero-order valence-corrected chi connectivity index (χ0v) is 38.6. The largest absolute Gasteiger partial charge is 0.310 e. The van der Waals surface area contributed by atoms with Crippen molar-refractivity contribution < 1.29 is 0 Å². The monoisotopic (exact) mass is 880 g/mol. The van der Waals surface area contributed by atoms with E-state index in [-0.39, 0.29) is 5.41 Å². The quantitative estimate of drug-likeness (QED) is 0.140. The van der Waals surface area contributed by atoms with Gasteiger partial charge in [0.25, 0.3) is 0 Å². The van der Waals surface area contributed by atoms with Crippen LogP contribution in [0, 0.1) is 0 Å². The van der Waals surface area contributed by atoms with Crippen molar-refractivity contribution in [3.05, 3.63) is 266 Å². The Morgan fingerprint density at radius 3 is 1.23 bits per heavy atom. The number of nitrogens with zero attached hydrogens (tertiary/aromatic N) is 2. The van der Waals surface area contributed by atoms with E-state index in [0.29, 0.717) is 0 Å². The van der Waals surface area contributed by atoms with E-state index in [4.69, 9.17) is 0 Å². The summed E-state index contributed by atoms with van der Waals surface area (Å²) >= 11 is 0. The third-order valence-electron chi connectivity index (χ3n) is 14.6. The number of rotatable bonds is 8. The van der Waals surface area contributed by atoms with Crippen LogP contribution in [-0.4, -0.2) is 0 Å². The molecule has 0 saturated carbocycles. The second-order valence-corrected chi connectivity index (χ2v) is 18.8. The third kappa shape index (κ3) is 6.55. The summed E-state index contributed by atoms with van der Waals surface area (Å²) in [5.41, 5.74) is 16.7. The highest BCUT2D eigenvalue weighted by Crippen LogP contribution is 2.54. The Balaban J connectivity index is 1.20. The van der Waals surface area contributed by atoms with Crippen LogP contribution >= 0.6 is 0 Å². The topological polar surface area (TPSA) is 6.48 Å². The molecule has 0 saturated heterocycles. The fourth-order valence-corrected chi connectivity index (χ4v) is 11.5. The van der Waals surface area contributed by atoms with Gasteiger partial charge in [0, 0.05) is 39.5 Å². The Morgan fingerprint density at radius 2 is 0.667 bits per heavy atom. The number of hydrogen-bond acceptors (Lipinski definition) is 2. The zero-order valence-electron chi connectivity index (χ0n) is 38.6. The van der Waals surface area contributed by atoms with Gasteiger partial charge in [-0.05, 0) is 160 Å². The van der Waals surface area contributed by atoms with Crippen molar-refractivity contribution in [1.82, 2.24) is 0 Å². The Bertz CT molecular complexity index is 3830. The smallest absolute Gasteiger partial charge is 0.0468 e. The molecular weight excluding hydrogens is 833 g/mol. The van der Waals surface area contributed by atoms with Crippen molar-refractivity contribution in [1.29, 1.82) is 0 Å². The van der Waals surface area contributed by atoms with Crippen molar-refractivity contribution in [3.63, 3.8) is 0 Å². The molecule has 1 aliphatic rings. The summed E-state index contributed by atoms with van der Waals surface area (Å²) in [6.07, 6.45) is 0. The first-order chi connectivity index (χ1) is 34.0. The molecule has 12 aromatic carbocycles. The Kier molecular flexibility index (Phi) is 9.55. The maximum Gasteiger partial charge on any atom is 0.0468 e. The van der Waals surface area contributed by atoms with Crippen LogP contribution in [0.2, 0.25) is 0 Å². The van der Waals surface area contributed by atoms with Crippen LogP contribution in [0.1, 0.15) is 25.0 Å². The molecule has 0 aliphatic heterocycles. The van der Waals surface area contributed by atoms with Crippen LogP contribution in [0.4, 0.5) is 34.1 Å². The first kappa shape index (κ1) is 40.5. The average molecular weight is 881 g/mol. The van der Waals surface area contributed by atoms with Crippen LogP contribution in [0.5, 0.6) is 0 Å². The van der Waals surface area contributed by atoms with Crippen LogP contribution in [-0.2, 0) is 5.41 Å². The first-order valence-electron chi connectivity index (χ1n) is 24.0. The molecule has 0 heterocycles. The van der Waals surface area contributed by atoms with E-state index in [9.17, 15) is 0 Å². The van der Waals surface area contributed by atoms with Gasteiger partial charge in [-0.1, -0.05) is 196 Å². The van der Waals surface area contributed by atoms with Gasteiger partial charge >= 0.3 is 0 Å². The van der Waals surface area contributed by atoms with Crippen LogP contribution in [0.25, 0.3) is 76.5 Å². The standard InChI is InChI=1S/C67H48N2/c1-67(2)62-35-18-17-32-53(62)56-41-42-57(55-34-20-36-63(67)66(55)56)65-59-40-38-50(68(46-23-7-3-8-24-46)47-25-9-4-10-26-47)43-60(59)64(54-33-19-22-45-21-15-16-31-52(45)54)58-39-37-51(44-61(58)65)69(48-27-11-5-12-28-48)49-29-13-6-14-30-49/h3-44H,1-2H3. The van der Waals surface area contributed by atoms with Gasteiger partial charge in [0.1, 0.15) is 0 Å². The maximum absolute atomic E-state index is 2.46. The molecule has 0 amide bonds. The Morgan fingerprint density at radius 1 is 0.261 bits per heavy atom. The van der Waals surface area contributed by atoms with E-state index >= 15 is 0 Å². The minimum atomic E-state index is -0.184. The second kappa shape index (κ2) is 16.3. The maximum atomic E-state index is 2.46. The van der Waals surface area contributed by atoms with Crippen molar-refractivity contribution >= 4 is 77.2 Å². The molecule has 0 atom stereocenters. The predicted molar refractivity (Wildman–Crippen MR) is 294 cm³/mol. The molecule has 0 unspecified atom stereocenters. The number of anilines is 6. The summed E-state index contributed by atoms with van der Waals surface area (Å²) in [5, 5.41) is 9.85. The highest BCUT2D eigenvalue weighted by molar-refractivity contribution is 6.27. The van der Waals surface area contributed by atoms with Gasteiger partial charge in [-0.3, -0.25) is 0 Å². The van der Waals surface area contributed by atoms with Gasteiger partial charge in [-0.15, -0.1) is 0 Å². The summed E-state index contributed by atoms with van der Waals surface area (Å²) in [6, 6.07) is 93.9. The van der Waals surface area contributed by atoms with Gasteiger partial charge in [0.05, 0.1) is 0 Å². The first-order valence-corrected chi connectivity index (χ1v) is 24.0. The summed E-state index contributed by atoms with van der Waals surface area (Å²) in [7, 11) is 0. The van der Waals surface area contributed by atoms with Crippen LogP contribution < -0.4 is 9.80 Å². The second-order valence-electron chi connectivity index (χ2n) is 18.8. The predicted octanol–water partition coefficient (Wildman–Crippen LogP) is 18.9. The Labute approximate surface area is 403 Å². The molecule has 69 heavy (non-hydrogen) atoms. The van der Waals surface area contributed by atoms with Crippen molar-refractivity contribution in [2.24, 2.45) is 0 Å². The average Bonchev–Trinajstić information content (AvgIpc) is 3.41. The van der Waals surface area contributed by atoms with E-state index < -0.39 is 0 Å².